The highest BCUT2D eigenvalue weighted by atomic mass is 16.6. The lowest BCUT2D eigenvalue weighted by Gasteiger charge is -2.20. The number of hydrogen-bond acceptors (Lipinski definition) is 5. The average Bonchev–Trinajstić information content (AvgIpc) is 2.91. The molecule has 0 saturated heterocycles. The van der Waals surface area contributed by atoms with Crippen LogP contribution in [0.1, 0.15) is 76.2 Å². The summed E-state index contributed by atoms with van der Waals surface area (Å²) in [5.74, 6) is -2.61. The Bertz CT molecular complexity index is 1120. The van der Waals surface area contributed by atoms with Gasteiger partial charge in [-0.3, -0.25) is 9.59 Å². The van der Waals surface area contributed by atoms with E-state index in [0.717, 1.165) is 24.0 Å². The third-order valence-electron chi connectivity index (χ3n) is 6.22. The molecule has 1 unspecified atom stereocenters. The first kappa shape index (κ1) is 32.3. The van der Waals surface area contributed by atoms with Gasteiger partial charge >= 0.3 is 12.1 Å². The zero-order chi connectivity index (χ0) is 29.7. The smallest absolute Gasteiger partial charge is 0.407 e. The molecule has 0 aromatic heterocycles. The first-order valence-corrected chi connectivity index (χ1v) is 13.9. The highest BCUT2D eigenvalue weighted by molar-refractivity contribution is 5.95. The lowest BCUT2D eigenvalue weighted by atomic mass is 10.0. The SMILES string of the molecule is CCCCc1ccc(-c2ccc(C(=O)NCC(C)C(=O)N[C@@H](CCCNC(=O)OC(C)(C)C)C(=O)O)cc2)cc1. The molecule has 0 saturated carbocycles. The molecule has 3 amide bonds. The van der Waals surface area contributed by atoms with E-state index >= 15 is 0 Å². The number of rotatable bonds is 14. The molecule has 0 aliphatic rings. The number of carbonyl (C=O) groups excluding carboxylic acids is 3. The summed E-state index contributed by atoms with van der Waals surface area (Å²) in [5, 5.41) is 17.3. The van der Waals surface area contributed by atoms with Gasteiger partial charge in [-0.1, -0.05) is 56.7 Å². The van der Waals surface area contributed by atoms with E-state index in [1.54, 1.807) is 39.8 Å². The molecular weight excluding hydrogens is 510 g/mol. The summed E-state index contributed by atoms with van der Waals surface area (Å²) in [4.78, 5) is 48.5. The van der Waals surface area contributed by atoms with Crippen LogP contribution < -0.4 is 16.0 Å². The largest absolute Gasteiger partial charge is 0.480 e. The molecule has 0 bridgehead atoms. The summed E-state index contributed by atoms with van der Waals surface area (Å²) < 4.78 is 5.14. The van der Waals surface area contributed by atoms with Crippen molar-refractivity contribution in [2.45, 2.75) is 78.4 Å². The van der Waals surface area contributed by atoms with Crippen LogP contribution in [0.5, 0.6) is 0 Å². The van der Waals surface area contributed by atoms with Crippen LogP contribution in [-0.4, -0.2) is 53.7 Å². The van der Waals surface area contributed by atoms with Crippen molar-refractivity contribution >= 4 is 23.9 Å². The minimum absolute atomic E-state index is 0.0537. The van der Waals surface area contributed by atoms with Gasteiger partial charge < -0.3 is 25.8 Å². The van der Waals surface area contributed by atoms with Crippen LogP contribution in [0.15, 0.2) is 48.5 Å². The van der Waals surface area contributed by atoms with E-state index in [0.29, 0.717) is 12.0 Å². The Kier molecular flexibility index (Phi) is 12.6. The number of unbranched alkanes of at least 4 members (excludes halogenated alkanes) is 1. The fourth-order valence-corrected chi connectivity index (χ4v) is 3.88. The number of carboxylic acid groups (broad SMARTS) is 1. The molecule has 4 N–H and O–H groups in total. The molecule has 2 aromatic carbocycles. The third-order valence-corrected chi connectivity index (χ3v) is 6.22. The van der Waals surface area contributed by atoms with E-state index in [9.17, 15) is 24.3 Å². The van der Waals surface area contributed by atoms with E-state index < -0.39 is 35.5 Å². The Morgan fingerprint density at radius 2 is 1.50 bits per heavy atom. The van der Waals surface area contributed by atoms with Gasteiger partial charge in [0.25, 0.3) is 5.91 Å². The highest BCUT2D eigenvalue weighted by Gasteiger charge is 2.23. The summed E-state index contributed by atoms with van der Waals surface area (Å²) in [7, 11) is 0. The number of nitrogens with one attached hydrogen (secondary N) is 3. The quantitative estimate of drug-likeness (QED) is 0.245. The average molecular weight is 554 g/mol. The maximum absolute atomic E-state index is 12.6. The molecule has 40 heavy (non-hydrogen) atoms. The monoisotopic (exact) mass is 553 g/mol. The van der Waals surface area contributed by atoms with Crippen LogP contribution in [0.25, 0.3) is 11.1 Å². The van der Waals surface area contributed by atoms with Crippen molar-refractivity contribution in [1.29, 1.82) is 0 Å². The predicted molar refractivity (Wildman–Crippen MR) is 155 cm³/mol. The number of hydrogen-bond donors (Lipinski definition) is 4. The number of ether oxygens (including phenoxy) is 1. The van der Waals surface area contributed by atoms with E-state index in [1.165, 1.54) is 12.0 Å². The number of aryl methyl sites for hydroxylation is 1. The van der Waals surface area contributed by atoms with Gasteiger partial charge in [-0.25, -0.2) is 9.59 Å². The normalized spacial score (nSPS) is 12.6. The number of aliphatic carboxylic acids is 1. The van der Waals surface area contributed by atoms with E-state index in [4.69, 9.17) is 4.74 Å². The van der Waals surface area contributed by atoms with E-state index in [-0.39, 0.29) is 25.4 Å². The van der Waals surface area contributed by atoms with Gasteiger partial charge in [0.1, 0.15) is 11.6 Å². The Hall–Kier alpha value is -3.88. The van der Waals surface area contributed by atoms with Crippen molar-refractivity contribution in [3.8, 4) is 11.1 Å². The third kappa shape index (κ3) is 11.5. The number of carbonyl (C=O) groups is 4. The topological polar surface area (TPSA) is 134 Å². The lowest BCUT2D eigenvalue weighted by Crippen LogP contribution is -2.45. The highest BCUT2D eigenvalue weighted by Crippen LogP contribution is 2.21. The second-order valence-corrected chi connectivity index (χ2v) is 11.0. The first-order chi connectivity index (χ1) is 18.9. The van der Waals surface area contributed by atoms with E-state index in [2.05, 4.69) is 47.1 Å². The molecule has 9 nitrogen and oxygen atoms in total. The van der Waals surface area contributed by atoms with Gasteiger partial charge in [0.2, 0.25) is 5.91 Å². The molecule has 0 heterocycles. The fourth-order valence-electron chi connectivity index (χ4n) is 3.88. The van der Waals surface area contributed by atoms with Crippen molar-refractivity contribution in [1.82, 2.24) is 16.0 Å². The molecule has 2 aromatic rings. The summed E-state index contributed by atoms with van der Waals surface area (Å²) in [6, 6.07) is 14.6. The molecule has 2 rings (SSSR count). The molecule has 2 atom stereocenters. The standard InChI is InChI=1S/C31H43N3O6/c1-6-7-9-22-11-13-23(14-12-22)24-15-17-25(18-16-24)28(36)33-20-21(2)27(35)34-26(29(37)38)10-8-19-32-30(39)40-31(3,4)5/h11-18,21,26H,6-10,19-20H2,1-5H3,(H,32,39)(H,33,36)(H,34,35)(H,37,38)/t21?,26-/m0/s1. The molecular formula is C31H43N3O6. The summed E-state index contributed by atoms with van der Waals surface area (Å²) >= 11 is 0. The molecule has 0 fully saturated rings. The van der Waals surface area contributed by atoms with E-state index in [1.807, 2.05) is 12.1 Å². The fraction of sp³-hybridized carbons (Fsp3) is 0.484. The Morgan fingerprint density at radius 3 is 2.05 bits per heavy atom. The van der Waals surface area contributed by atoms with Crippen molar-refractivity contribution in [2.24, 2.45) is 5.92 Å². The summed E-state index contributed by atoms with van der Waals surface area (Å²) in [5.41, 5.74) is 3.23. The number of carboxylic acids is 1. The maximum Gasteiger partial charge on any atom is 0.407 e. The Labute approximate surface area is 237 Å². The van der Waals surface area contributed by atoms with Gasteiger partial charge in [-0.15, -0.1) is 0 Å². The Morgan fingerprint density at radius 1 is 0.900 bits per heavy atom. The summed E-state index contributed by atoms with van der Waals surface area (Å²) in [6.07, 6.45) is 3.27. The molecule has 9 heteroatoms. The van der Waals surface area contributed by atoms with Gasteiger partial charge in [-0.2, -0.15) is 0 Å². The number of benzene rings is 2. The van der Waals surface area contributed by atoms with Crippen molar-refractivity contribution in [2.75, 3.05) is 13.1 Å². The van der Waals surface area contributed by atoms with Gasteiger partial charge in [0, 0.05) is 18.7 Å². The zero-order valence-corrected chi connectivity index (χ0v) is 24.2. The van der Waals surface area contributed by atoms with Crippen LogP contribution in [0.3, 0.4) is 0 Å². The molecule has 0 aliphatic heterocycles. The first-order valence-electron chi connectivity index (χ1n) is 13.9. The second-order valence-electron chi connectivity index (χ2n) is 11.0. The minimum Gasteiger partial charge on any atom is -0.480 e. The molecule has 0 radical (unpaired) electrons. The molecule has 0 spiro atoms. The molecule has 0 aliphatic carbocycles. The summed E-state index contributed by atoms with van der Waals surface area (Å²) in [6.45, 7) is 9.30. The van der Waals surface area contributed by atoms with Crippen molar-refractivity contribution in [3.05, 3.63) is 59.7 Å². The van der Waals surface area contributed by atoms with Crippen molar-refractivity contribution < 1.29 is 29.0 Å². The van der Waals surface area contributed by atoms with Crippen LogP contribution >= 0.6 is 0 Å². The van der Waals surface area contributed by atoms with Crippen LogP contribution in [0.4, 0.5) is 4.79 Å². The second kappa shape index (κ2) is 15.6. The predicted octanol–water partition coefficient (Wildman–Crippen LogP) is 4.94. The van der Waals surface area contributed by atoms with Gasteiger partial charge in [0.15, 0.2) is 0 Å². The lowest BCUT2D eigenvalue weighted by molar-refractivity contribution is -0.142. The van der Waals surface area contributed by atoms with Gasteiger partial charge in [0.05, 0.1) is 5.92 Å². The number of amides is 3. The molecule has 218 valence electrons. The van der Waals surface area contributed by atoms with Crippen molar-refractivity contribution in [3.63, 3.8) is 0 Å². The minimum atomic E-state index is -1.17. The zero-order valence-electron chi connectivity index (χ0n) is 24.2. The maximum atomic E-state index is 12.6. The van der Waals surface area contributed by atoms with Crippen LogP contribution in [0, 0.1) is 5.92 Å². The van der Waals surface area contributed by atoms with Crippen LogP contribution in [-0.2, 0) is 20.7 Å². The Balaban J connectivity index is 1.80. The van der Waals surface area contributed by atoms with Gasteiger partial charge in [-0.05, 0) is 75.3 Å². The van der Waals surface area contributed by atoms with Crippen LogP contribution in [0.2, 0.25) is 0 Å². The number of alkyl carbamates (subject to hydrolysis) is 1.